The average molecular weight is 1220 g/mol. The number of phosphoric acid groups is 2. The Kier molecular flexibility index (Phi) is 21.7. The molecule has 0 bridgehead atoms. The summed E-state index contributed by atoms with van der Waals surface area (Å²) < 4.78 is 104. The molecule has 7 N–H and O–H groups in total. The smallest absolute Gasteiger partial charge is 0.870 e. The second kappa shape index (κ2) is 27.0. The Morgan fingerprint density at radius 3 is 1.26 bits per heavy atom. The van der Waals surface area contributed by atoms with E-state index in [1.54, 1.807) is 24.3 Å². The van der Waals surface area contributed by atoms with Gasteiger partial charge in [0.2, 0.25) is 23.4 Å². The van der Waals surface area contributed by atoms with E-state index in [1.165, 1.54) is 94.6 Å². The second-order valence-corrected chi connectivity index (χ2v) is 19.7. The van der Waals surface area contributed by atoms with Crippen molar-refractivity contribution in [3.8, 4) is 46.0 Å². The molecule has 2 aromatic carbocycles. The first-order chi connectivity index (χ1) is 37.7. The number of rotatable bonds is 20. The number of anilines is 10. The molecule has 4 aromatic heterocycles. The van der Waals surface area contributed by atoms with Gasteiger partial charge in [-0.15, -0.1) is 0 Å². The summed E-state index contributed by atoms with van der Waals surface area (Å²) in [7, 11) is -1.56. The van der Waals surface area contributed by atoms with Gasteiger partial charge >= 0.3 is 59.2 Å². The van der Waals surface area contributed by atoms with Gasteiger partial charge in [-0.1, -0.05) is 0 Å². The topological polar surface area (TPSA) is 409 Å². The van der Waals surface area contributed by atoms with Crippen molar-refractivity contribution >= 4 is 85.6 Å². The van der Waals surface area contributed by atoms with Gasteiger partial charge in [-0.25, -0.2) is 33.3 Å². The number of carbonyl (C=O) groups is 2. The zero-order chi connectivity index (χ0) is 58.5. The van der Waals surface area contributed by atoms with Crippen LogP contribution in [0, 0.1) is 11.6 Å². The third-order valence-electron chi connectivity index (χ3n) is 11.0. The van der Waals surface area contributed by atoms with Crippen molar-refractivity contribution in [2.45, 2.75) is 38.9 Å². The van der Waals surface area contributed by atoms with Gasteiger partial charge in [-0.2, -0.15) is 9.97 Å². The number of amides is 2. The first-order valence-corrected chi connectivity index (χ1v) is 25.8. The number of benzene rings is 2. The van der Waals surface area contributed by atoms with E-state index in [4.69, 9.17) is 47.7 Å². The molecule has 2 aliphatic rings. The van der Waals surface area contributed by atoms with Crippen molar-refractivity contribution < 1.29 is 151 Å². The van der Waals surface area contributed by atoms with Crippen molar-refractivity contribution in [3.63, 3.8) is 0 Å². The van der Waals surface area contributed by atoms with Gasteiger partial charge in [0.1, 0.15) is 25.1 Å². The molecule has 0 radical (unpaired) electrons. The molecular formula is C46H51F2KN12O19P2-2. The summed E-state index contributed by atoms with van der Waals surface area (Å²) >= 11 is 0. The zero-order valence-electron chi connectivity index (χ0n) is 45.3. The fourth-order valence-electron chi connectivity index (χ4n) is 7.37. The maximum atomic E-state index is 14.7. The van der Waals surface area contributed by atoms with Crippen LogP contribution in [0.1, 0.15) is 27.7 Å². The summed E-state index contributed by atoms with van der Waals surface area (Å²) in [5, 5.41) is 11.2. The van der Waals surface area contributed by atoms with Crippen molar-refractivity contribution in [1.82, 2.24) is 29.9 Å². The monoisotopic (exact) mass is 1210 g/mol. The van der Waals surface area contributed by atoms with Crippen LogP contribution in [0.15, 0.2) is 60.9 Å². The molecule has 6 heterocycles. The number of hydrogen-bond acceptors (Lipinski definition) is 27. The molecule has 36 heteroatoms. The zero-order valence-corrected chi connectivity index (χ0v) is 50.2. The van der Waals surface area contributed by atoms with Crippen LogP contribution in [0.25, 0.3) is 0 Å². The van der Waals surface area contributed by atoms with Crippen LogP contribution in [0.2, 0.25) is 0 Å². The Morgan fingerprint density at radius 1 is 0.585 bits per heavy atom. The molecular weight excluding hydrogens is 1160 g/mol. The van der Waals surface area contributed by atoms with Crippen LogP contribution in [0.5, 0.6) is 46.0 Å². The minimum Gasteiger partial charge on any atom is -0.870 e. The third kappa shape index (κ3) is 15.8. The van der Waals surface area contributed by atoms with Gasteiger partial charge in [0.15, 0.2) is 80.6 Å². The molecule has 0 unspecified atom stereocenters. The van der Waals surface area contributed by atoms with Crippen LogP contribution < -0.4 is 130 Å². The molecule has 8 rings (SSSR count). The van der Waals surface area contributed by atoms with Crippen LogP contribution in [0.3, 0.4) is 0 Å². The Balaban J connectivity index is 0.000000293. The second-order valence-electron chi connectivity index (χ2n) is 17.3. The molecule has 0 atom stereocenters. The number of fused-ring (bicyclic) bond motifs is 2. The maximum absolute atomic E-state index is 14.7. The van der Waals surface area contributed by atoms with Gasteiger partial charge < -0.3 is 93.3 Å². The Labute approximate surface area is 507 Å². The molecule has 0 fully saturated rings. The van der Waals surface area contributed by atoms with E-state index >= 15 is 0 Å². The molecule has 31 nitrogen and oxygen atoms in total. The number of pyridine rings is 2. The van der Waals surface area contributed by atoms with Crippen molar-refractivity contribution in [3.05, 3.63) is 72.6 Å². The maximum Gasteiger partial charge on any atom is 1.00 e. The molecule has 2 amide bonds. The van der Waals surface area contributed by atoms with E-state index in [1.807, 2.05) is 0 Å². The molecule has 0 aliphatic carbocycles. The van der Waals surface area contributed by atoms with Crippen LogP contribution in [0.4, 0.5) is 67.0 Å². The van der Waals surface area contributed by atoms with Crippen molar-refractivity contribution in [2.24, 2.45) is 0 Å². The normalized spacial score (nSPS) is 13.9. The number of nitrogens with one attached hydrogen (secondary N) is 4. The minimum absolute atomic E-state index is 0. The minimum atomic E-state index is -5.41. The van der Waals surface area contributed by atoms with E-state index in [-0.39, 0.29) is 115 Å². The van der Waals surface area contributed by atoms with Crippen LogP contribution >= 0.6 is 15.6 Å². The number of carbonyl (C=O) groups excluding carboxylic acids is 2. The number of phosphoric ester groups is 2. The number of methoxy groups -OCH3 is 6. The van der Waals surface area contributed by atoms with Gasteiger partial charge in [0.25, 0.3) is 11.8 Å². The van der Waals surface area contributed by atoms with E-state index in [0.717, 1.165) is 22.2 Å². The van der Waals surface area contributed by atoms with Crippen LogP contribution in [-0.4, -0.2) is 124 Å². The van der Waals surface area contributed by atoms with E-state index in [2.05, 4.69) is 60.2 Å². The van der Waals surface area contributed by atoms with Crippen LogP contribution in [-0.2, 0) is 27.8 Å². The number of aromatic nitrogens is 6. The van der Waals surface area contributed by atoms with Gasteiger partial charge in [0.05, 0.1) is 62.9 Å². The summed E-state index contributed by atoms with van der Waals surface area (Å²) in [5.41, 5.74) is -1.87. The Hall–Kier alpha value is -6.88. The summed E-state index contributed by atoms with van der Waals surface area (Å²) in [6.45, 7) is 4.13. The van der Waals surface area contributed by atoms with Gasteiger partial charge in [-0.05, 0) is 52.0 Å². The van der Waals surface area contributed by atoms with E-state index < -0.39 is 63.8 Å². The summed E-state index contributed by atoms with van der Waals surface area (Å²) in [4.78, 5) is 92.5. The molecule has 2 aliphatic heterocycles. The van der Waals surface area contributed by atoms with Gasteiger partial charge in [-0.3, -0.25) is 23.9 Å². The van der Waals surface area contributed by atoms with Crippen molar-refractivity contribution in [1.29, 1.82) is 0 Å². The average Bonchev–Trinajstić information content (AvgIpc) is 3.40. The van der Waals surface area contributed by atoms with Crippen molar-refractivity contribution in [2.75, 3.05) is 87.2 Å². The standard InChI is InChI=1S/2C23H26FN6O9P.K.H2O/c2*1-23(2)21(31)30(11-38-40(32,33)34)20-14(39-23)6-7-17(28-20)27-19-13(24)10-25-22(29-19)26-12-8-15(35-3)18(37-5)16(9-12)36-4;;/h2*6-10H,11H2,1-5H3,(H2,32,33,34)(H2,25,26,27,28,29);;1H2/q;;+1;/p-3. The molecule has 0 spiro atoms. The number of ether oxygens (including phenoxy) is 8. The van der Waals surface area contributed by atoms with E-state index in [9.17, 15) is 37.3 Å². The predicted molar refractivity (Wildman–Crippen MR) is 276 cm³/mol. The fraction of sp³-hybridized carbons (Fsp3) is 0.304. The quantitative estimate of drug-likeness (QED) is 0.0468. The third-order valence-corrected chi connectivity index (χ3v) is 11.8. The molecule has 0 saturated heterocycles. The van der Waals surface area contributed by atoms with Gasteiger partial charge in [0, 0.05) is 35.6 Å². The largest absolute Gasteiger partial charge is 1.00 e. The SMILES string of the molecule is COc1cc(Nc2ncc(F)c(Nc3ccc4c(n3)N(COP(=O)(O)O)C(=O)C(C)(C)O4)n2)cc(OC)c1OC.COc1cc(Nc2ncc(F)c(Nc3ccc4c(n3)N(COP(=O)([O-])[O-])C(=O)C(C)(C)O4)n2)cc(OC)c1OC.[K+].[OH-]. The fourth-order valence-corrected chi connectivity index (χ4v) is 7.90. The Morgan fingerprint density at radius 2 is 0.939 bits per heavy atom. The molecule has 436 valence electrons. The molecule has 82 heavy (non-hydrogen) atoms. The number of hydrogen-bond donors (Lipinski definition) is 6. The Bertz CT molecular complexity index is 3150. The molecule has 0 saturated carbocycles. The summed E-state index contributed by atoms with van der Waals surface area (Å²) in [6.07, 6.45) is 1.85. The molecule has 6 aromatic rings. The number of nitrogens with zero attached hydrogens (tertiary/aromatic N) is 8. The predicted octanol–water partition coefficient (Wildman–Crippen LogP) is 1.75. The van der Waals surface area contributed by atoms with E-state index in [0.29, 0.717) is 45.9 Å². The number of halogens is 2. The first kappa shape index (κ1) is 65.9. The summed E-state index contributed by atoms with van der Waals surface area (Å²) in [5.74, 6) is -1.36. The summed E-state index contributed by atoms with van der Waals surface area (Å²) in [6, 6.07) is 12.2. The first-order valence-electron chi connectivity index (χ1n) is 22.8.